The van der Waals surface area contributed by atoms with Crippen LogP contribution >= 0.6 is 0 Å². The highest BCUT2D eigenvalue weighted by atomic mass is 16.5. The summed E-state index contributed by atoms with van der Waals surface area (Å²) in [4.78, 5) is 11.3. The van der Waals surface area contributed by atoms with E-state index in [-0.39, 0.29) is 6.61 Å². The molecule has 1 aliphatic rings. The first-order valence-electron chi connectivity index (χ1n) is 11.6. The number of aliphatic hydroxyl groups is 1. The lowest BCUT2D eigenvalue weighted by atomic mass is 10.1. The lowest BCUT2D eigenvalue weighted by Crippen LogP contribution is -2.25. The number of nitrogens with zero attached hydrogens (tertiary/aromatic N) is 5. The number of hydrogen-bond acceptors (Lipinski definition) is 9. The molecule has 4 aromatic rings. The molecule has 5 rings (SSSR count). The lowest BCUT2D eigenvalue weighted by Gasteiger charge is -2.23. The van der Waals surface area contributed by atoms with Crippen LogP contribution in [0.2, 0.25) is 0 Å². The number of likely N-dealkylation sites (N-methyl/N-ethyl adjacent to an activating group) is 1. The molecule has 0 spiro atoms. The minimum Gasteiger partial charge on any atom is -0.492 e. The Balaban J connectivity index is 1.61. The summed E-state index contributed by atoms with van der Waals surface area (Å²) in [6.07, 6.45) is 5.16. The van der Waals surface area contributed by atoms with E-state index in [4.69, 9.17) is 9.72 Å². The van der Waals surface area contributed by atoms with Crippen LogP contribution in [-0.4, -0.2) is 57.0 Å². The van der Waals surface area contributed by atoms with Gasteiger partial charge in [-0.2, -0.15) is 15.3 Å². The molecular formula is C26H26N8O2. The average Bonchev–Trinajstić information content (AvgIpc) is 3.42. The SMILES string of the molecule is CN1CCOc2ccccc2[C@@H](CO)Nc2nc(ncc2-c2cn[nH]c2)Nc2ccc(C#N)c(c2)C1. The normalized spacial score (nSPS) is 16.1. The van der Waals surface area contributed by atoms with Crippen LogP contribution in [0.25, 0.3) is 11.1 Å². The Morgan fingerprint density at radius 3 is 2.92 bits per heavy atom. The summed E-state index contributed by atoms with van der Waals surface area (Å²) in [6.45, 7) is 1.51. The number of hydrogen-bond donors (Lipinski definition) is 4. The smallest absolute Gasteiger partial charge is 0.229 e. The van der Waals surface area contributed by atoms with Crippen LogP contribution in [0.15, 0.2) is 61.1 Å². The minimum atomic E-state index is -0.471. The number of ether oxygens (including phenoxy) is 1. The molecule has 2 aromatic heterocycles. The molecule has 0 amide bonds. The van der Waals surface area contributed by atoms with Gasteiger partial charge in [-0.05, 0) is 36.9 Å². The van der Waals surface area contributed by atoms with Crippen LogP contribution < -0.4 is 15.4 Å². The molecule has 10 heteroatoms. The number of para-hydroxylation sites is 1. The Labute approximate surface area is 208 Å². The quantitative estimate of drug-likeness (QED) is 0.339. The highest BCUT2D eigenvalue weighted by molar-refractivity contribution is 5.75. The van der Waals surface area contributed by atoms with Crippen molar-refractivity contribution in [2.45, 2.75) is 12.6 Å². The molecule has 0 aliphatic carbocycles. The molecule has 182 valence electrons. The summed E-state index contributed by atoms with van der Waals surface area (Å²) in [5.74, 6) is 1.59. The first kappa shape index (κ1) is 23.3. The van der Waals surface area contributed by atoms with Crippen LogP contribution in [0.3, 0.4) is 0 Å². The van der Waals surface area contributed by atoms with Crippen molar-refractivity contribution in [3.63, 3.8) is 0 Å². The predicted molar refractivity (Wildman–Crippen MR) is 136 cm³/mol. The van der Waals surface area contributed by atoms with Gasteiger partial charge in [-0.3, -0.25) is 10.00 Å². The highest BCUT2D eigenvalue weighted by Crippen LogP contribution is 2.33. The fourth-order valence-electron chi connectivity index (χ4n) is 4.17. The molecule has 4 bridgehead atoms. The third-order valence-electron chi connectivity index (χ3n) is 6.04. The zero-order chi connectivity index (χ0) is 24.9. The maximum Gasteiger partial charge on any atom is 0.229 e. The topological polar surface area (TPSA) is 135 Å². The average molecular weight is 483 g/mol. The number of H-pyrrole nitrogens is 1. The van der Waals surface area contributed by atoms with Crippen LogP contribution in [0.1, 0.15) is 22.7 Å². The van der Waals surface area contributed by atoms with Gasteiger partial charge in [0.05, 0.1) is 30.5 Å². The molecular weight excluding hydrogens is 456 g/mol. The third kappa shape index (κ3) is 4.98. The van der Waals surface area contributed by atoms with E-state index in [9.17, 15) is 10.4 Å². The molecule has 0 saturated carbocycles. The van der Waals surface area contributed by atoms with Gasteiger partial charge in [0.25, 0.3) is 0 Å². The van der Waals surface area contributed by atoms with Gasteiger partial charge in [0.2, 0.25) is 5.95 Å². The van der Waals surface area contributed by atoms with Gasteiger partial charge in [0, 0.05) is 47.9 Å². The Kier molecular flexibility index (Phi) is 6.75. The van der Waals surface area contributed by atoms with Crippen molar-refractivity contribution < 1.29 is 9.84 Å². The van der Waals surface area contributed by atoms with Gasteiger partial charge in [0.1, 0.15) is 18.2 Å². The van der Waals surface area contributed by atoms with E-state index < -0.39 is 6.04 Å². The Bertz CT molecular complexity index is 1380. The predicted octanol–water partition coefficient (Wildman–Crippen LogP) is 3.45. The number of fused-ring (bicyclic) bond motifs is 5. The second-order valence-electron chi connectivity index (χ2n) is 8.56. The summed E-state index contributed by atoms with van der Waals surface area (Å²) in [7, 11) is 1.99. The number of nitrogens with one attached hydrogen (secondary N) is 3. The molecule has 10 nitrogen and oxygen atoms in total. The molecule has 36 heavy (non-hydrogen) atoms. The molecule has 0 saturated heterocycles. The number of rotatable bonds is 2. The molecule has 0 radical (unpaired) electrons. The van der Waals surface area contributed by atoms with E-state index in [1.54, 1.807) is 24.7 Å². The summed E-state index contributed by atoms with van der Waals surface area (Å²) in [5.41, 5.74) is 4.64. The molecule has 1 atom stereocenters. The monoisotopic (exact) mass is 482 g/mol. The maximum atomic E-state index is 10.3. The second kappa shape index (κ2) is 10.4. The van der Waals surface area contributed by atoms with Crippen LogP contribution in [-0.2, 0) is 6.54 Å². The Morgan fingerprint density at radius 2 is 2.11 bits per heavy atom. The van der Waals surface area contributed by atoms with Crippen molar-refractivity contribution in [1.82, 2.24) is 25.1 Å². The summed E-state index contributed by atoms with van der Waals surface area (Å²) in [5, 5.41) is 33.4. The van der Waals surface area contributed by atoms with Gasteiger partial charge in [-0.15, -0.1) is 0 Å². The number of aromatic amines is 1. The first-order valence-corrected chi connectivity index (χ1v) is 11.6. The zero-order valence-electron chi connectivity index (χ0n) is 19.8. The van der Waals surface area contributed by atoms with Crippen LogP contribution in [0, 0.1) is 11.3 Å². The largest absolute Gasteiger partial charge is 0.492 e. The number of anilines is 3. The number of nitriles is 1. The number of aliphatic hydroxyl groups excluding tert-OH is 1. The van der Waals surface area contributed by atoms with Crippen molar-refractivity contribution in [2.24, 2.45) is 0 Å². The molecule has 2 aromatic carbocycles. The highest BCUT2D eigenvalue weighted by Gasteiger charge is 2.20. The zero-order valence-corrected chi connectivity index (χ0v) is 19.8. The summed E-state index contributed by atoms with van der Waals surface area (Å²) >= 11 is 0. The standard InChI is InChI=1S/C26H26N8O2/c1-34-8-9-36-24-5-3-2-4-21(24)23(16-35)32-25-22(19-12-29-30-13-19)14-28-26(33-25)31-20-7-6-17(11-27)18(10-20)15-34/h2-7,10,12-14,23,35H,8-9,15-16H2,1H3,(H,29,30)(H2,28,31,32,33)/t23-/m1/s1. The first-order chi connectivity index (χ1) is 17.6. The third-order valence-corrected chi connectivity index (χ3v) is 6.04. The Morgan fingerprint density at radius 1 is 1.22 bits per heavy atom. The molecule has 4 N–H and O–H groups in total. The van der Waals surface area contributed by atoms with Crippen molar-refractivity contribution >= 4 is 17.5 Å². The van der Waals surface area contributed by atoms with Gasteiger partial charge in [0.15, 0.2) is 0 Å². The van der Waals surface area contributed by atoms with Crippen molar-refractivity contribution in [1.29, 1.82) is 5.26 Å². The minimum absolute atomic E-state index is 0.170. The second-order valence-corrected chi connectivity index (χ2v) is 8.56. The summed E-state index contributed by atoms with van der Waals surface area (Å²) < 4.78 is 6.14. The fraction of sp³-hybridized carbons (Fsp3) is 0.231. The van der Waals surface area contributed by atoms with E-state index in [2.05, 4.69) is 36.8 Å². The van der Waals surface area contributed by atoms with Crippen molar-refractivity contribution in [3.8, 4) is 22.9 Å². The maximum absolute atomic E-state index is 10.3. The van der Waals surface area contributed by atoms with Crippen molar-refractivity contribution in [2.75, 3.05) is 37.4 Å². The molecule has 1 aliphatic heterocycles. The van der Waals surface area contributed by atoms with E-state index in [0.29, 0.717) is 42.8 Å². The van der Waals surface area contributed by atoms with Gasteiger partial charge in [-0.1, -0.05) is 18.2 Å². The van der Waals surface area contributed by atoms with Gasteiger partial charge < -0.3 is 20.5 Å². The molecule has 0 fully saturated rings. The van der Waals surface area contributed by atoms with E-state index in [1.807, 2.05) is 43.4 Å². The number of aromatic nitrogens is 4. The van der Waals surface area contributed by atoms with Gasteiger partial charge >= 0.3 is 0 Å². The van der Waals surface area contributed by atoms with Crippen LogP contribution in [0.5, 0.6) is 5.75 Å². The van der Waals surface area contributed by atoms with E-state index in [1.165, 1.54) is 0 Å². The molecule has 3 heterocycles. The van der Waals surface area contributed by atoms with Crippen molar-refractivity contribution in [3.05, 3.63) is 77.7 Å². The molecule has 0 unspecified atom stereocenters. The van der Waals surface area contributed by atoms with Crippen LogP contribution in [0.4, 0.5) is 17.5 Å². The van der Waals surface area contributed by atoms with E-state index >= 15 is 0 Å². The van der Waals surface area contributed by atoms with E-state index in [0.717, 1.165) is 27.9 Å². The Hall–Kier alpha value is -4.46. The number of benzene rings is 2. The summed E-state index contributed by atoms with van der Waals surface area (Å²) in [6, 6.07) is 15.0. The lowest BCUT2D eigenvalue weighted by molar-refractivity contribution is 0.227. The van der Waals surface area contributed by atoms with Gasteiger partial charge in [-0.25, -0.2) is 4.98 Å². The fourth-order valence-corrected chi connectivity index (χ4v) is 4.17.